The van der Waals surface area contributed by atoms with Crippen LogP contribution >= 0.6 is 0 Å². The van der Waals surface area contributed by atoms with Crippen LogP contribution in [0.2, 0.25) is 0 Å². The van der Waals surface area contributed by atoms with E-state index < -0.39 is 10.0 Å². The predicted molar refractivity (Wildman–Crippen MR) is 131 cm³/mol. The Morgan fingerprint density at radius 3 is 2.53 bits per heavy atom. The van der Waals surface area contributed by atoms with Gasteiger partial charge in [0.05, 0.1) is 6.26 Å². The number of benzene rings is 2. The van der Waals surface area contributed by atoms with E-state index in [-0.39, 0.29) is 5.91 Å². The number of fused-ring (bicyclic) bond motifs is 1. The fourth-order valence-electron chi connectivity index (χ4n) is 4.05. The normalized spacial score (nSPS) is 14.9. The number of anilines is 1. The van der Waals surface area contributed by atoms with Gasteiger partial charge in [-0.1, -0.05) is 36.9 Å². The molecule has 2 heterocycles. The van der Waals surface area contributed by atoms with E-state index in [2.05, 4.69) is 35.1 Å². The molecule has 166 valence electrons. The summed E-state index contributed by atoms with van der Waals surface area (Å²) in [6.45, 7) is 8.27. The molecule has 0 aliphatic carbocycles. The molecule has 2 N–H and O–H groups in total. The maximum atomic E-state index is 12.1. The van der Waals surface area contributed by atoms with Crippen LogP contribution in [0.4, 0.5) is 5.69 Å². The van der Waals surface area contributed by atoms with Gasteiger partial charge in [-0.25, -0.2) is 8.42 Å². The molecule has 3 aromatic rings. The van der Waals surface area contributed by atoms with Gasteiger partial charge in [0.25, 0.3) is 5.91 Å². The molecule has 1 aliphatic heterocycles. The van der Waals surface area contributed by atoms with Gasteiger partial charge in [0.2, 0.25) is 10.0 Å². The summed E-state index contributed by atoms with van der Waals surface area (Å²) in [5.41, 5.74) is 7.46. The molecule has 2 aromatic carbocycles. The van der Waals surface area contributed by atoms with Crippen LogP contribution in [0.1, 0.15) is 24.6 Å². The minimum absolute atomic E-state index is 0.195. The third kappa shape index (κ3) is 4.26. The summed E-state index contributed by atoms with van der Waals surface area (Å²) < 4.78 is 25.1. The Morgan fingerprint density at radius 2 is 1.88 bits per heavy atom. The van der Waals surface area contributed by atoms with Gasteiger partial charge < -0.3 is 10.3 Å². The first kappa shape index (κ1) is 22.0. The lowest BCUT2D eigenvalue weighted by atomic mass is 9.96. The number of sulfonamides is 1. The molecule has 0 saturated carbocycles. The number of nitrogens with one attached hydrogen (secondary N) is 2. The summed E-state index contributed by atoms with van der Waals surface area (Å²) in [4.78, 5) is 15.6. The molecule has 0 fully saturated rings. The second kappa shape index (κ2) is 8.41. The first-order valence-electron chi connectivity index (χ1n) is 10.5. The zero-order valence-electron chi connectivity index (χ0n) is 18.5. The van der Waals surface area contributed by atoms with Crippen LogP contribution in [0.15, 0.2) is 60.7 Å². The lowest BCUT2D eigenvalue weighted by Crippen LogP contribution is -2.33. The summed E-state index contributed by atoms with van der Waals surface area (Å²) in [6, 6.07) is 14.1. The molecule has 32 heavy (non-hydrogen) atoms. The summed E-state index contributed by atoms with van der Waals surface area (Å²) >= 11 is 0. The van der Waals surface area contributed by atoms with Gasteiger partial charge in [-0.05, 0) is 60.7 Å². The fraction of sp³-hybridized carbons (Fsp3) is 0.240. The first-order chi connectivity index (χ1) is 15.1. The number of carbonyl (C=O) groups is 1. The van der Waals surface area contributed by atoms with E-state index in [0.717, 1.165) is 44.5 Å². The summed E-state index contributed by atoms with van der Waals surface area (Å²) in [6.07, 6.45) is 3.89. The number of nitrogens with zero attached hydrogens (tertiary/aromatic N) is 1. The second-order valence-corrected chi connectivity index (χ2v) is 10.2. The average Bonchev–Trinajstić information content (AvgIpc) is 3.19. The number of aromatic amines is 1. The third-order valence-corrected chi connectivity index (χ3v) is 7.18. The summed E-state index contributed by atoms with van der Waals surface area (Å²) in [7, 11) is -3.18. The predicted octanol–water partition coefficient (Wildman–Crippen LogP) is 4.71. The molecule has 7 heteroatoms. The van der Waals surface area contributed by atoms with Crippen molar-refractivity contribution in [3.63, 3.8) is 0 Å². The van der Waals surface area contributed by atoms with Crippen molar-refractivity contribution in [3.05, 3.63) is 72.0 Å². The molecule has 0 atom stereocenters. The monoisotopic (exact) mass is 449 g/mol. The van der Waals surface area contributed by atoms with Crippen molar-refractivity contribution in [1.29, 1.82) is 0 Å². The van der Waals surface area contributed by atoms with Gasteiger partial charge in [0.15, 0.2) is 0 Å². The lowest BCUT2D eigenvalue weighted by Gasteiger charge is -2.23. The highest BCUT2D eigenvalue weighted by Crippen LogP contribution is 2.36. The number of carbonyl (C=O) groups excluding carboxylic acids is 1. The molecule has 0 bridgehead atoms. The molecule has 0 spiro atoms. The Morgan fingerprint density at radius 1 is 1.16 bits per heavy atom. The van der Waals surface area contributed by atoms with E-state index >= 15 is 0 Å². The molecule has 1 aromatic heterocycles. The summed E-state index contributed by atoms with van der Waals surface area (Å²) in [5.74, 6) is -0.195. The van der Waals surface area contributed by atoms with E-state index in [1.54, 1.807) is 6.92 Å². The number of aromatic nitrogens is 1. The Labute approximate surface area is 188 Å². The quantitative estimate of drug-likeness (QED) is 0.554. The van der Waals surface area contributed by atoms with Gasteiger partial charge in [-0.15, -0.1) is 0 Å². The number of H-pyrrole nitrogens is 1. The van der Waals surface area contributed by atoms with Crippen LogP contribution in [0.25, 0.3) is 27.6 Å². The molecule has 6 nitrogen and oxygen atoms in total. The van der Waals surface area contributed by atoms with Crippen molar-refractivity contribution in [2.75, 3.05) is 24.7 Å². The summed E-state index contributed by atoms with van der Waals surface area (Å²) in [5, 5.41) is 4.02. The highest BCUT2D eigenvalue weighted by molar-refractivity contribution is 7.88. The molecular weight excluding hydrogens is 422 g/mol. The topological polar surface area (TPSA) is 82.3 Å². The van der Waals surface area contributed by atoms with Crippen molar-refractivity contribution in [3.8, 4) is 11.1 Å². The molecule has 1 aliphatic rings. The van der Waals surface area contributed by atoms with E-state index in [1.165, 1.54) is 10.6 Å². The fourth-order valence-corrected chi connectivity index (χ4v) is 4.82. The molecule has 1 amide bonds. The van der Waals surface area contributed by atoms with Crippen LogP contribution in [0, 0.1) is 6.92 Å². The van der Waals surface area contributed by atoms with Gasteiger partial charge >= 0.3 is 0 Å². The second-order valence-electron chi connectivity index (χ2n) is 8.26. The van der Waals surface area contributed by atoms with Crippen LogP contribution < -0.4 is 5.32 Å². The van der Waals surface area contributed by atoms with E-state index in [9.17, 15) is 13.2 Å². The van der Waals surface area contributed by atoms with Crippen molar-refractivity contribution in [1.82, 2.24) is 9.29 Å². The highest BCUT2D eigenvalue weighted by Gasteiger charge is 2.21. The number of hydrogen-bond acceptors (Lipinski definition) is 3. The maximum absolute atomic E-state index is 12.1. The Bertz CT molecular complexity index is 1370. The Kier molecular flexibility index (Phi) is 5.79. The molecule has 4 rings (SSSR count). The van der Waals surface area contributed by atoms with Crippen LogP contribution in [-0.2, 0) is 14.8 Å². The van der Waals surface area contributed by atoms with Gasteiger partial charge in [0, 0.05) is 40.9 Å². The Hall–Kier alpha value is -3.16. The minimum atomic E-state index is -3.18. The highest BCUT2D eigenvalue weighted by atomic mass is 32.2. The van der Waals surface area contributed by atoms with Gasteiger partial charge in [-0.2, -0.15) is 4.31 Å². The SMILES string of the molecule is C=C(C)C(=O)Nc1cccc(-c2cccc3[nH]c(C4=CCN(S(C)(=O)=O)CC4)cc23)c1C. The molecule has 0 saturated heterocycles. The number of amides is 1. The number of hydrogen-bond donors (Lipinski definition) is 2. The number of rotatable bonds is 5. The van der Waals surface area contributed by atoms with Gasteiger partial charge in [0.1, 0.15) is 0 Å². The van der Waals surface area contributed by atoms with Crippen molar-refractivity contribution in [2.24, 2.45) is 0 Å². The van der Waals surface area contributed by atoms with E-state index in [0.29, 0.717) is 25.1 Å². The van der Waals surface area contributed by atoms with Crippen molar-refractivity contribution >= 4 is 38.1 Å². The molecule has 0 unspecified atom stereocenters. The average molecular weight is 450 g/mol. The van der Waals surface area contributed by atoms with E-state index in [1.807, 2.05) is 37.3 Å². The molecule has 0 radical (unpaired) electrons. The van der Waals surface area contributed by atoms with Crippen LogP contribution in [0.5, 0.6) is 0 Å². The zero-order chi connectivity index (χ0) is 23.0. The van der Waals surface area contributed by atoms with Crippen molar-refractivity contribution < 1.29 is 13.2 Å². The van der Waals surface area contributed by atoms with E-state index in [4.69, 9.17) is 0 Å². The largest absolute Gasteiger partial charge is 0.355 e. The van der Waals surface area contributed by atoms with Crippen molar-refractivity contribution in [2.45, 2.75) is 20.3 Å². The zero-order valence-corrected chi connectivity index (χ0v) is 19.3. The first-order valence-corrected chi connectivity index (χ1v) is 12.3. The third-order valence-electron chi connectivity index (χ3n) is 5.91. The Balaban J connectivity index is 1.72. The van der Waals surface area contributed by atoms with Gasteiger partial charge in [-0.3, -0.25) is 4.79 Å². The van der Waals surface area contributed by atoms with Crippen LogP contribution in [-0.4, -0.2) is 43.0 Å². The standard InChI is InChI=1S/C25H27N3O3S/c1-16(2)25(29)27-22-9-5-7-19(17(22)3)20-8-6-10-23-21(20)15-24(26-23)18-11-13-28(14-12-18)32(4,30)31/h5-11,15,26H,1,12-14H2,2-4H3,(H,27,29). The smallest absolute Gasteiger partial charge is 0.250 e. The lowest BCUT2D eigenvalue weighted by molar-refractivity contribution is -0.112. The maximum Gasteiger partial charge on any atom is 0.250 e. The van der Waals surface area contributed by atoms with Crippen LogP contribution in [0.3, 0.4) is 0 Å². The molecular formula is C25H27N3O3S. The minimum Gasteiger partial charge on any atom is -0.355 e.